The first-order valence-corrected chi connectivity index (χ1v) is 12.9. The Hall–Kier alpha value is -1.64. The predicted molar refractivity (Wildman–Crippen MR) is 124 cm³/mol. The molecule has 1 N–H and O–H groups in total. The Labute approximate surface area is 193 Å². The lowest BCUT2D eigenvalue weighted by molar-refractivity contribution is -0.122. The standard InChI is InChI=1S/C22H25Cl2N3O3S/c23-17-12-18(24)14-19(13-17)25-22(28)21(16-4-2-1-3-5-16)27-9-7-26(8-10-27)20-6-11-31(29,30)15-20/h1-5,12-14,20-21H,6-11,15H2,(H,25,28)/t20-,21-/m0/s1. The van der Waals surface area contributed by atoms with Gasteiger partial charge in [-0.1, -0.05) is 53.5 Å². The maximum Gasteiger partial charge on any atom is 0.246 e. The summed E-state index contributed by atoms with van der Waals surface area (Å²) >= 11 is 12.2. The molecule has 2 fully saturated rings. The van der Waals surface area contributed by atoms with Gasteiger partial charge in [0.1, 0.15) is 6.04 Å². The van der Waals surface area contributed by atoms with E-state index in [0.29, 0.717) is 35.2 Å². The van der Waals surface area contributed by atoms with Crippen molar-refractivity contribution in [2.24, 2.45) is 0 Å². The van der Waals surface area contributed by atoms with Gasteiger partial charge in [0.25, 0.3) is 0 Å². The minimum atomic E-state index is -2.91. The van der Waals surface area contributed by atoms with Gasteiger partial charge in [0.15, 0.2) is 9.84 Å². The van der Waals surface area contributed by atoms with Gasteiger partial charge in [0, 0.05) is 48.0 Å². The molecule has 31 heavy (non-hydrogen) atoms. The van der Waals surface area contributed by atoms with Crippen LogP contribution < -0.4 is 5.32 Å². The minimum absolute atomic E-state index is 0.0877. The third-order valence-electron chi connectivity index (χ3n) is 5.93. The van der Waals surface area contributed by atoms with Gasteiger partial charge >= 0.3 is 0 Å². The summed E-state index contributed by atoms with van der Waals surface area (Å²) in [4.78, 5) is 17.7. The normalized spacial score (nSPS) is 22.8. The fourth-order valence-corrected chi connectivity index (χ4v) is 6.71. The second kappa shape index (κ2) is 9.46. The molecule has 2 heterocycles. The monoisotopic (exact) mass is 481 g/mol. The molecular weight excluding hydrogens is 457 g/mol. The van der Waals surface area contributed by atoms with Crippen molar-refractivity contribution in [3.05, 3.63) is 64.1 Å². The van der Waals surface area contributed by atoms with Crippen LogP contribution in [0.1, 0.15) is 18.0 Å². The van der Waals surface area contributed by atoms with Crippen molar-refractivity contribution in [3.8, 4) is 0 Å². The number of carbonyl (C=O) groups is 1. The lowest BCUT2D eigenvalue weighted by Crippen LogP contribution is -2.53. The largest absolute Gasteiger partial charge is 0.324 e. The molecule has 2 atom stereocenters. The second-order valence-electron chi connectivity index (χ2n) is 8.09. The van der Waals surface area contributed by atoms with Gasteiger partial charge in [-0.05, 0) is 30.2 Å². The molecule has 0 unspecified atom stereocenters. The predicted octanol–water partition coefficient (Wildman–Crippen LogP) is 3.48. The number of benzene rings is 2. The smallest absolute Gasteiger partial charge is 0.246 e. The van der Waals surface area contributed by atoms with Gasteiger partial charge in [-0.15, -0.1) is 0 Å². The van der Waals surface area contributed by atoms with E-state index in [9.17, 15) is 13.2 Å². The first-order valence-electron chi connectivity index (χ1n) is 10.3. The summed E-state index contributed by atoms with van der Waals surface area (Å²) in [5.41, 5.74) is 1.46. The molecule has 0 aromatic heterocycles. The number of nitrogens with one attached hydrogen (secondary N) is 1. The van der Waals surface area contributed by atoms with E-state index in [1.807, 2.05) is 30.3 Å². The van der Waals surface area contributed by atoms with Crippen LogP contribution in [0.4, 0.5) is 5.69 Å². The fraction of sp³-hybridized carbons (Fsp3) is 0.409. The van der Waals surface area contributed by atoms with Gasteiger partial charge < -0.3 is 5.32 Å². The third-order valence-corrected chi connectivity index (χ3v) is 8.12. The Morgan fingerprint density at radius 2 is 1.65 bits per heavy atom. The molecular formula is C22H25Cl2N3O3S. The average Bonchev–Trinajstić information content (AvgIpc) is 3.08. The van der Waals surface area contributed by atoms with E-state index in [1.54, 1.807) is 18.2 Å². The minimum Gasteiger partial charge on any atom is -0.324 e. The molecule has 9 heteroatoms. The van der Waals surface area contributed by atoms with Crippen molar-refractivity contribution in [3.63, 3.8) is 0 Å². The number of amides is 1. The first kappa shape index (κ1) is 22.6. The lowest BCUT2D eigenvalue weighted by Gasteiger charge is -2.40. The van der Waals surface area contributed by atoms with Gasteiger partial charge in [-0.2, -0.15) is 0 Å². The molecule has 1 amide bonds. The zero-order valence-electron chi connectivity index (χ0n) is 17.0. The average molecular weight is 482 g/mol. The van der Waals surface area contributed by atoms with Gasteiger partial charge in [-0.25, -0.2) is 8.42 Å². The summed E-state index contributed by atoms with van der Waals surface area (Å²) in [5, 5.41) is 3.87. The van der Waals surface area contributed by atoms with E-state index in [4.69, 9.17) is 23.2 Å². The zero-order chi connectivity index (χ0) is 22.0. The summed E-state index contributed by atoms with van der Waals surface area (Å²) in [6, 6.07) is 14.3. The number of halogens is 2. The van der Waals surface area contributed by atoms with E-state index in [1.165, 1.54) is 0 Å². The van der Waals surface area contributed by atoms with Crippen molar-refractivity contribution in [2.45, 2.75) is 18.5 Å². The highest BCUT2D eigenvalue weighted by molar-refractivity contribution is 7.91. The van der Waals surface area contributed by atoms with E-state index >= 15 is 0 Å². The SMILES string of the molecule is O=C(Nc1cc(Cl)cc(Cl)c1)[C@H](c1ccccc1)N1CCN([C@H]2CCS(=O)(=O)C2)CC1. The van der Waals surface area contributed by atoms with Crippen molar-refractivity contribution >= 4 is 44.6 Å². The Morgan fingerprint density at radius 3 is 2.23 bits per heavy atom. The van der Waals surface area contributed by atoms with Gasteiger partial charge in [0.05, 0.1) is 11.5 Å². The quantitative estimate of drug-likeness (QED) is 0.707. The zero-order valence-corrected chi connectivity index (χ0v) is 19.3. The van der Waals surface area contributed by atoms with E-state index < -0.39 is 15.9 Å². The van der Waals surface area contributed by atoms with Crippen LogP contribution in [0, 0.1) is 0 Å². The number of rotatable bonds is 5. The molecule has 2 aliphatic rings. The highest BCUT2D eigenvalue weighted by Crippen LogP contribution is 2.28. The maximum atomic E-state index is 13.3. The Balaban J connectivity index is 1.49. The van der Waals surface area contributed by atoms with Crippen LogP contribution in [-0.4, -0.2) is 67.9 Å². The van der Waals surface area contributed by atoms with Crippen LogP contribution in [-0.2, 0) is 14.6 Å². The van der Waals surface area contributed by atoms with Crippen LogP contribution in [0.5, 0.6) is 0 Å². The number of carbonyl (C=O) groups excluding carboxylic acids is 1. The molecule has 2 saturated heterocycles. The maximum absolute atomic E-state index is 13.3. The van der Waals surface area contributed by atoms with Crippen molar-refractivity contribution < 1.29 is 13.2 Å². The van der Waals surface area contributed by atoms with Gasteiger partial charge in [0.2, 0.25) is 5.91 Å². The number of sulfone groups is 1. The van der Waals surface area contributed by atoms with Crippen molar-refractivity contribution in [2.75, 3.05) is 43.0 Å². The van der Waals surface area contributed by atoms with E-state index in [-0.39, 0.29) is 23.5 Å². The van der Waals surface area contributed by atoms with E-state index in [0.717, 1.165) is 18.7 Å². The second-order valence-corrected chi connectivity index (χ2v) is 11.2. The first-order chi connectivity index (χ1) is 14.8. The molecule has 2 aromatic rings. The summed E-state index contributed by atoms with van der Waals surface area (Å²) in [6.45, 7) is 2.83. The van der Waals surface area contributed by atoms with Crippen molar-refractivity contribution in [1.82, 2.24) is 9.80 Å². The topological polar surface area (TPSA) is 69.7 Å². The summed E-state index contributed by atoms with van der Waals surface area (Å²) < 4.78 is 23.7. The van der Waals surface area contributed by atoms with Crippen LogP contribution in [0.15, 0.2) is 48.5 Å². The molecule has 4 rings (SSSR count). The van der Waals surface area contributed by atoms with E-state index in [2.05, 4.69) is 15.1 Å². The number of hydrogen-bond acceptors (Lipinski definition) is 5. The summed E-state index contributed by atoms with van der Waals surface area (Å²) in [5.74, 6) is 0.363. The molecule has 0 radical (unpaired) electrons. The number of nitrogens with zero attached hydrogens (tertiary/aromatic N) is 2. The van der Waals surface area contributed by atoms with Crippen LogP contribution in [0.3, 0.4) is 0 Å². The Bertz CT molecular complexity index is 1020. The van der Waals surface area contributed by atoms with Crippen LogP contribution in [0.25, 0.3) is 0 Å². The lowest BCUT2D eigenvalue weighted by atomic mass is 10.0. The number of piperazine rings is 1. The number of anilines is 1. The Morgan fingerprint density at radius 1 is 1.00 bits per heavy atom. The number of hydrogen-bond donors (Lipinski definition) is 1. The highest BCUT2D eigenvalue weighted by Gasteiger charge is 2.36. The molecule has 166 valence electrons. The molecule has 0 aliphatic carbocycles. The molecule has 2 aromatic carbocycles. The molecule has 0 spiro atoms. The molecule has 2 aliphatic heterocycles. The fourth-order valence-electron chi connectivity index (χ4n) is 4.42. The summed E-state index contributed by atoms with van der Waals surface area (Å²) in [7, 11) is -2.91. The van der Waals surface area contributed by atoms with Gasteiger partial charge in [-0.3, -0.25) is 14.6 Å². The molecule has 0 saturated carbocycles. The molecule has 6 nitrogen and oxygen atoms in total. The van der Waals surface area contributed by atoms with Crippen molar-refractivity contribution in [1.29, 1.82) is 0 Å². The Kier molecular flexibility index (Phi) is 6.89. The highest BCUT2D eigenvalue weighted by atomic mass is 35.5. The third kappa shape index (κ3) is 5.59. The van der Waals surface area contributed by atoms with Crippen LogP contribution >= 0.6 is 23.2 Å². The molecule has 0 bridgehead atoms. The van der Waals surface area contributed by atoms with Crippen LogP contribution in [0.2, 0.25) is 10.0 Å². The summed E-state index contributed by atoms with van der Waals surface area (Å²) in [6.07, 6.45) is 0.695.